The van der Waals surface area contributed by atoms with Gasteiger partial charge in [-0.2, -0.15) is 9.78 Å². The number of nitrogens with zero attached hydrogens (tertiary/aromatic N) is 3. The van der Waals surface area contributed by atoms with Gasteiger partial charge in [0, 0.05) is 22.3 Å². The van der Waals surface area contributed by atoms with Crippen molar-refractivity contribution in [3.8, 4) is 11.4 Å². The summed E-state index contributed by atoms with van der Waals surface area (Å²) in [5.74, 6) is -0.231. The molecule has 4 aromatic rings. The number of carbonyl (C=O) groups is 2. The van der Waals surface area contributed by atoms with Crippen molar-refractivity contribution < 1.29 is 19.1 Å². The minimum atomic E-state index is -0.629. The fourth-order valence-corrected chi connectivity index (χ4v) is 5.94. The number of likely N-dealkylation sites (tertiary alicyclic amines) is 1. The Hall–Kier alpha value is -3.17. The number of fused-ring (bicyclic) bond motifs is 2. The van der Waals surface area contributed by atoms with Crippen molar-refractivity contribution in [3.05, 3.63) is 40.8 Å². The van der Waals surface area contributed by atoms with Crippen molar-refractivity contribution in [1.29, 1.82) is 0 Å². The van der Waals surface area contributed by atoms with Gasteiger partial charge in [-0.1, -0.05) is 12.5 Å². The highest BCUT2D eigenvalue weighted by Gasteiger charge is 2.26. The van der Waals surface area contributed by atoms with Crippen LogP contribution in [0.4, 0.5) is 4.79 Å². The van der Waals surface area contributed by atoms with Gasteiger partial charge in [0.05, 0.1) is 21.3 Å². The highest BCUT2D eigenvalue weighted by molar-refractivity contribution is 7.19. The second kappa shape index (κ2) is 10.4. The SMILES string of the molecule is CC(C)(C)OC(=O)n1nc(-c2cc3cc(COC(=O)C(C)(C)C)ccc3[nH]2)c2sc(CN3CCCCC3)cc21. The number of hydrogen-bond acceptors (Lipinski definition) is 7. The molecular formula is C30H38N4O4S. The summed E-state index contributed by atoms with van der Waals surface area (Å²) in [6.07, 6.45) is 3.27. The average Bonchev–Trinajstić information content (AvgIpc) is 3.54. The minimum Gasteiger partial charge on any atom is -0.460 e. The summed E-state index contributed by atoms with van der Waals surface area (Å²) in [7, 11) is 0. The van der Waals surface area contributed by atoms with E-state index >= 15 is 0 Å². The molecule has 0 aliphatic carbocycles. The zero-order chi connectivity index (χ0) is 27.9. The van der Waals surface area contributed by atoms with Gasteiger partial charge >= 0.3 is 12.1 Å². The van der Waals surface area contributed by atoms with Gasteiger partial charge in [-0.3, -0.25) is 9.69 Å². The Morgan fingerprint density at radius 1 is 1.03 bits per heavy atom. The molecule has 1 N–H and O–H groups in total. The molecule has 1 fully saturated rings. The average molecular weight is 551 g/mol. The highest BCUT2D eigenvalue weighted by Crippen LogP contribution is 2.37. The summed E-state index contributed by atoms with van der Waals surface area (Å²) in [6.45, 7) is 14.4. The number of aromatic nitrogens is 3. The third-order valence-corrected chi connectivity index (χ3v) is 7.84. The Balaban J connectivity index is 1.49. The molecule has 9 heteroatoms. The second-order valence-electron chi connectivity index (χ2n) is 12.4. The van der Waals surface area contributed by atoms with Crippen LogP contribution in [0.2, 0.25) is 0 Å². The molecule has 0 saturated carbocycles. The molecule has 3 aromatic heterocycles. The third kappa shape index (κ3) is 6.20. The molecule has 5 rings (SSSR count). The van der Waals surface area contributed by atoms with E-state index in [-0.39, 0.29) is 12.6 Å². The van der Waals surface area contributed by atoms with Crippen molar-refractivity contribution in [2.75, 3.05) is 13.1 Å². The van der Waals surface area contributed by atoms with Gasteiger partial charge in [-0.25, -0.2) is 4.79 Å². The maximum atomic E-state index is 13.2. The zero-order valence-electron chi connectivity index (χ0n) is 23.7. The number of esters is 1. The van der Waals surface area contributed by atoms with Crippen molar-refractivity contribution in [2.24, 2.45) is 5.41 Å². The minimum absolute atomic E-state index is 0.217. The number of nitrogens with one attached hydrogen (secondary N) is 1. The summed E-state index contributed by atoms with van der Waals surface area (Å²) >= 11 is 1.68. The van der Waals surface area contributed by atoms with Crippen LogP contribution < -0.4 is 0 Å². The lowest BCUT2D eigenvalue weighted by Crippen LogP contribution is -2.28. The molecule has 0 spiro atoms. The van der Waals surface area contributed by atoms with E-state index in [1.165, 1.54) is 28.8 Å². The molecule has 1 aromatic carbocycles. The summed E-state index contributed by atoms with van der Waals surface area (Å²) in [6, 6.07) is 10.1. The Bertz CT molecular complexity index is 1510. The molecule has 1 aliphatic heterocycles. The van der Waals surface area contributed by atoms with Gasteiger partial charge in [-0.15, -0.1) is 11.3 Å². The van der Waals surface area contributed by atoms with Crippen molar-refractivity contribution in [3.63, 3.8) is 0 Å². The number of benzene rings is 1. The number of ether oxygens (including phenoxy) is 2. The molecule has 0 radical (unpaired) electrons. The maximum Gasteiger partial charge on any atom is 0.435 e. The maximum absolute atomic E-state index is 13.2. The lowest BCUT2D eigenvalue weighted by atomic mass is 9.97. The number of H-pyrrole nitrogens is 1. The first-order chi connectivity index (χ1) is 18.4. The van der Waals surface area contributed by atoms with Gasteiger partial charge < -0.3 is 14.5 Å². The van der Waals surface area contributed by atoms with Crippen LogP contribution in [-0.4, -0.2) is 50.4 Å². The van der Waals surface area contributed by atoms with Crippen molar-refractivity contribution in [2.45, 2.75) is 79.6 Å². The number of carbonyl (C=O) groups excluding carboxylic acids is 2. The summed E-state index contributed by atoms with van der Waals surface area (Å²) < 4.78 is 13.6. The number of aromatic amines is 1. The van der Waals surface area contributed by atoms with Crippen LogP contribution in [0.5, 0.6) is 0 Å². The Morgan fingerprint density at radius 2 is 1.77 bits per heavy atom. The fourth-order valence-electron chi connectivity index (χ4n) is 4.76. The predicted octanol–water partition coefficient (Wildman–Crippen LogP) is 7.10. The van der Waals surface area contributed by atoms with E-state index in [1.54, 1.807) is 11.3 Å². The first-order valence-corrected chi connectivity index (χ1v) is 14.5. The van der Waals surface area contributed by atoms with Gasteiger partial charge in [0.2, 0.25) is 0 Å². The Kier molecular flexibility index (Phi) is 7.33. The topological polar surface area (TPSA) is 89.5 Å². The number of thiophene rings is 1. The van der Waals surface area contributed by atoms with Crippen LogP contribution >= 0.6 is 11.3 Å². The molecule has 0 bridgehead atoms. The molecule has 208 valence electrons. The van der Waals surface area contributed by atoms with Crippen LogP contribution in [-0.2, 0) is 27.4 Å². The molecule has 39 heavy (non-hydrogen) atoms. The van der Waals surface area contributed by atoms with E-state index < -0.39 is 17.1 Å². The molecule has 8 nitrogen and oxygen atoms in total. The molecule has 0 unspecified atom stereocenters. The fraction of sp³-hybridized carbons (Fsp3) is 0.500. The van der Waals surface area contributed by atoms with E-state index in [0.29, 0.717) is 0 Å². The van der Waals surface area contributed by atoms with Gasteiger partial charge in [0.15, 0.2) is 0 Å². The third-order valence-electron chi connectivity index (χ3n) is 6.72. The zero-order valence-corrected chi connectivity index (χ0v) is 24.5. The van der Waals surface area contributed by atoms with E-state index in [2.05, 4.69) is 16.0 Å². The van der Waals surface area contributed by atoms with Gasteiger partial charge in [-0.05, 0) is 97.3 Å². The molecular weight excluding hydrogens is 512 g/mol. The lowest BCUT2D eigenvalue weighted by Gasteiger charge is -2.25. The van der Waals surface area contributed by atoms with Crippen molar-refractivity contribution in [1.82, 2.24) is 19.7 Å². The second-order valence-corrected chi connectivity index (χ2v) is 13.6. The highest BCUT2D eigenvalue weighted by atomic mass is 32.1. The number of piperidine rings is 1. The molecule has 1 saturated heterocycles. The van der Waals surface area contributed by atoms with Crippen LogP contribution in [0.3, 0.4) is 0 Å². The smallest absolute Gasteiger partial charge is 0.435 e. The molecule has 4 heterocycles. The van der Waals surface area contributed by atoms with E-state index in [0.717, 1.165) is 57.7 Å². The first kappa shape index (κ1) is 27.4. The number of hydrogen-bond donors (Lipinski definition) is 1. The first-order valence-electron chi connectivity index (χ1n) is 13.6. The largest absolute Gasteiger partial charge is 0.460 e. The summed E-state index contributed by atoms with van der Waals surface area (Å²) in [5.41, 5.74) is 3.00. The van der Waals surface area contributed by atoms with Crippen LogP contribution in [0.15, 0.2) is 30.3 Å². The monoisotopic (exact) mass is 550 g/mol. The Labute approximate surface area is 233 Å². The number of rotatable bonds is 5. The molecule has 0 atom stereocenters. The van der Waals surface area contributed by atoms with Crippen molar-refractivity contribution >= 4 is 44.5 Å². The van der Waals surface area contributed by atoms with Gasteiger partial charge in [0.25, 0.3) is 0 Å². The molecule has 1 aliphatic rings. The summed E-state index contributed by atoms with van der Waals surface area (Å²) in [4.78, 5) is 32.5. The van der Waals surface area contributed by atoms with Crippen LogP contribution in [0.1, 0.15) is 71.2 Å². The Morgan fingerprint density at radius 3 is 2.46 bits per heavy atom. The van der Waals surface area contributed by atoms with E-state index in [9.17, 15) is 9.59 Å². The van der Waals surface area contributed by atoms with Gasteiger partial charge in [0.1, 0.15) is 17.9 Å². The van der Waals surface area contributed by atoms with E-state index in [4.69, 9.17) is 14.6 Å². The lowest BCUT2D eigenvalue weighted by molar-refractivity contribution is -0.154. The van der Waals surface area contributed by atoms with E-state index in [1.807, 2.05) is 65.8 Å². The summed E-state index contributed by atoms with van der Waals surface area (Å²) in [5, 5.41) is 5.72. The van der Waals surface area contributed by atoms with Crippen LogP contribution in [0, 0.1) is 5.41 Å². The quantitative estimate of drug-likeness (QED) is 0.267. The normalized spacial score (nSPS) is 15.2. The molecule has 0 amide bonds. The predicted molar refractivity (Wildman–Crippen MR) is 155 cm³/mol. The van der Waals surface area contributed by atoms with Crippen LogP contribution in [0.25, 0.3) is 32.5 Å². The standard InChI is InChI=1S/C30H38N4O4S/c1-29(2,3)27(35)37-18-19-10-11-22-20(14-19)15-23(31-22)25-26-24(34(32-25)28(36)38-30(4,5)6)16-21(39-26)17-33-12-8-7-9-13-33/h10-11,14-16,31H,7-9,12-13,17-18H2,1-6H3.